The van der Waals surface area contributed by atoms with Crippen molar-refractivity contribution in [3.63, 3.8) is 0 Å². The number of nitrogens with two attached hydrogens (primary N) is 2. The molecule has 2 bridgehead atoms. The zero-order chi connectivity index (χ0) is 48.8. The van der Waals surface area contributed by atoms with Gasteiger partial charge in [-0.05, 0) is 50.0 Å². The van der Waals surface area contributed by atoms with E-state index in [1.54, 1.807) is 51.1 Å². The second kappa shape index (κ2) is 24.7. The van der Waals surface area contributed by atoms with Gasteiger partial charge in [-0.2, -0.15) is 8.42 Å². The predicted molar refractivity (Wildman–Crippen MR) is 233 cm³/mol. The summed E-state index contributed by atoms with van der Waals surface area (Å²) in [6.07, 6.45) is -3.99. The summed E-state index contributed by atoms with van der Waals surface area (Å²) >= 11 is 0. The summed E-state index contributed by atoms with van der Waals surface area (Å²) in [4.78, 5) is 106. The number of nitrogens with one attached hydrogen (secondary N) is 4. The molecule has 23 nitrogen and oxygen atoms in total. The maximum atomic E-state index is 15.0. The zero-order valence-corrected chi connectivity index (χ0v) is 38.6. The van der Waals surface area contributed by atoms with E-state index < -0.39 is 125 Å². The molecule has 2 aliphatic rings. The van der Waals surface area contributed by atoms with Gasteiger partial charge in [0.2, 0.25) is 29.5 Å². The molecule has 0 aliphatic carbocycles. The molecule has 11 atom stereocenters. The van der Waals surface area contributed by atoms with Crippen LogP contribution in [-0.2, 0) is 64.0 Å². The normalized spacial score (nSPS) is 26.8. The number of aliphatic imine (C=N–C) groups is 1. The highest BCUT2D eigenvalue weighted by atomic mass is 32.3. The number of carbonyl (C=O) groups is 7. The number of hydrogen-bond donors (Lipinski definition) is 8. The molecule has 2 aliphatic heterocycles. The fourth-order valence-corrected chi connectivity index (χ4v) is 7.76. The minimum atomic E-state index is -5.11. The van der Waals surface area contributed by atoms with Gasteiger partial charge in [0.25, 0.3) is 5.91 Å². The van der Waals surface area contributed by atoms with E-state index in [1.165, 1.54) is 30.9 Å². The van der Waals surface area contributed by atoms with Crippen molar-refractivity contribution in [3.8, 4) is 0 Å². The summed E-state index contributed by atoms with van der Waals surface area (Å²) in [5.74, 6) is -7.91. The van der Waals surface area contributed by atoms with E-state index >= 15 is 0 Å². The molecule has 2 fully saturated rings. The van der Waals surface area contributed by atoms with Crippen molar-refractivity contribution < 1.29 is 65.3 Å². The Morgan fingerprint density at radius 2 is 1.62 bits per heavy atom. The lowest BCUT2D eigenvalue weighted by Crippen LogP contribution is -2.66. The van der Waals surface area contributed by atoms with Gasteiger partial charge in [-0.3, -0.25) is 38.3 Å². The molecule has 0 radical (unpaired) electrons. The third-order valence-corrected chi connectivity index (χ3v) is 12.1. The number of nitrogens with zero attached hydrogens (tertiary/aromatic N) is 3. The Morgan fingerprint density at radius 3 is 2.20 bits per heavy atom. The monoisotopic (exact) mass is 939 g/mol. The van der Waals surface area contributed by atoms with Gasteiger partial charge in [0.05, 0.1) is 0 Å². The number of piperidine rings is 1. The number of likely N-dealkylation sites (N-methyl/N-ethyl adjacent to an activating group) is 1. The fraction of sp³-hybridized carbons (Fsp3) is 0.659. The molecule has 364 valence electrons. The van der Waals surface area contributed by atoms with E-state index in [0.717, 1.165) is 0 Å². The molecule has 0 spiro atoms. The van der Waals surface area contributed by atoms with Gasteiger partial charge in [-0.25, -0.2) is 8.98 Å². The number of guanidine groups is 1. The van der Waals surface area contributed by atoms with Crippen molar-refractivity contribution in [1.82, 2.24) is 31.1 Å². The van der Waals surface area contributed by atoms with Gasteiger partial charge in [-0.1, -0.05) is 70.9 Å². The number of aliphatic hydroxyl groups excluding tert-OH is 1. The summed E-state index contributed by atoms with van der Waals surface area (Å²) in [6.45, 7) is 6.93. The topological polar surface area (TPSA) is 341 Å². The lowest BCUT2D eigenvalue weighted by molar-refractivity contribution is -0.171. The molecule has 0 aromatic heterocycles. The maximum absolute atomic E-state index is 15.0. The zero-order valence-electron chi connectivity index (χ0n) is 37.8. The van der Waals surface area contributed by atoms with Crippen LogP contribution in [0.15, 0.2) is 35.3 Å². The first kappa shape index (κ1) is 53.9. The maximum Gasteiger partial charge on any atom is 0.397 e. The summed E-state index contributed by atoms with van der Waals surface area (Å²) in [7, 11) is -2.31. The van der Waals surface area contributed by atoms with Crippen molar-refractivity contribution in [2.45, 2.75) is 134 Å². The van der Waals surface area contributed by atoms with Gasteiger partial charge in [0.15, 0.2) is 12.1 Å². The molecule has 24 heteroatoms. The highest BCUT2D eigenvalue weighted by molar-refractivity contribution is 7.80. The number of amides is 6. The fourth-order valence-electron chi connectivity index (χ4n) is 7.46. The van der Waals surface area contributed by atoms with E-state index in [0.29, 0.717) is 18.4 Å². The minimum absolute atomic E-state index is 0.00197. The number of ether oxygens (including phenoxy) is 2. The van der Waals surface area contributed by atoms with E-state index in [4.69, 9.17) is 25.5 Å². The molecule has 2 saturated heterocycles. The van der Waals surface area contributed by atoms with Crippen LogP contribution in [0, 0.1) is 11.8 Å². The van der Waals surface area contributed by atoms with Crippen molar-refractivity contribution >= 4 is 57.8 Å². The first-order chi connectivity index (χ1) is 30.5. The van der Waals surface area contributed by atoms with E-state index in [2.05, 4.69) is 30.4 Å². The number of aliphatic hydroxyl groups is 1. The van der Waals surface area contributed by atoms with Crippen molar-refractivity contribution in [2.24, 2.45) is 28.3 Å². The number of hydrogen-bond acceptors (Lipinski definition) is 14. The summed E-state index contributed by atoms with van der Waals surface area (Å²) < 4.78 is 46.9. The van der Waals surface area contributed by atoms with Crippen molar-refractivity contribution in [2.75, 3.05) is 27.3 Å². The van der Waals surface area contributed by atoms with Crippen LogP contribution in [0.3, 0.4) is 0 Å². The van der Waals surface area contributed by atoms with E-state index in [1.807, 2.05) is 6.92 Å². The molecule has 0 saturated carbocycles. The SMILES string of the molecule is CC[C@H](C)[C@@H]1NC(=O)[C@H](Cc2ccccc2)N(C)C(=O)[C@H]([C@@H](C)CC)N2C(=O)[C@H](CC[C@H]2OC)NC(=O)[C@H](CCCN=C(N)N)NC(=O)[C@@H](NC(=O)[C@H](O)COS(=O)(=O)O)[C@@H](C)OC1=O. The molecule has 65 heavy (non-hydrogen) atoms. The Hall–Kier alpha value is -5.43. The van der Waals surface area contributed by atoms with Crippen LogP contribution < -0.4 is 32.7 Å². The molecule has 10 N–H and O–H groups in total. The first-order valence-electron chi connectivity index (χ1n) is 21.5. The number of rotatable bonds is 16. The standard InChI is InChI=1S/C41H65N9O14S/c1-8-22(3)31-40(58)64-24(5)32(48-36(54)29(51)21-63-65(59,60)61)37(55)45-26(16-13-19-44-41(42)43)34(52)46-27-17-18-30(62-7)50(38(27)56)33(23(4)9-2)39(57)49(6)28(35(53)47-31)20-25-14-11-10-12-15-25/h10-12,14-15,22-24,26-33,51H,8-9,13,16-21H2,1-7H3,(H,45,55)(H,46,52)(H,47,53)(H,48,54)(H4,42,43,44)(H,59,60,61)/t22-,23-,24+,26-,27-,28-,29+,30+,31-,32-,33-/m0/s1. The molecule has 1 aromatic carbocycles. The quantitative estimate of drug-likeness (QED) is 0.0299. The van der Waals surface area contributed by atoms with Crippen LogP contribution in [0.25, 0.3) is 0 Å². The molecule has 2 heterocycles. The van der Waals surface area contributed by atoms with E-state index in [-0.39, 0.29) is 44.6 Å². The van der Waals surface area contributed by atoms with Gasteiger partial charge in [0.1, 0.15) is 55.2 Å². The average Bonchev–Trinajstić information content (AvgIpc) is 3.26. The molecule has 1 aromatic rings. The van der Waals surface area contributed by atoms with E-state index in [9.17, 15) is 47.1 Å². The highest BCUT2D eigenvalue weighted by Gasteiger charge is 2.47. The summed E-state index contributed by atoms with van der Waals surface area (Å²) in [5, 5.41) is 20.5. The van der Waals surface area contributed by atoms with Crippen LogP contribution >= 0.6 is 0 Å². The largest absolute Gasteiger partial charge is 0.458 e. The Kier molecular flexibility index (Phi) is 20.5. The second-order valence-corrected chi connectivity index (χ2v) is 17.4. The molecule has 0 unspecified atom stereocenters. The highest BCUT2D eigenvalue weighted by Crippen LogP contribution is 2.29. The lowest BCUT2D eigenvalue weighted by Gasteiger charge is -2.46. The van der Waals surface area contributed by atoms with Gasteiger partial charge in [-0.15, -0.1) is 0 Å². The van der Waals surface area contributed by atoms with Crippen LogP contribution in [0.2, 0.25) is 0 Å². The number of methoxy groups -OCH3 is 1. The average molecular weight is 940 g/mol. The summed E-state index contributed by atoms with van der Waals surface area (Å²) in [5.41, 5.74) is 11.6. The molecular formula is C41H65N9O14S. The Labute approximate surface area is 379 Å². The van der Waals surface area contributed by atoms with Crippen LogP contribution in [0.5, 0.6) is 0 Å². The molecule has 3 rings (SSSR count). The second-order valence-electron chi connectivity index (χ2n) is 16.3. The third kappa shape index (κ3) is 15.3. The Morgan fingerprint density at radius 1 is 0.969 bits per heavy atom. The summed E-state index contributed by atoms with van der Waals surface area (Å²) in [6, 6.07) is 0.291. The molecule has 6 amide bonds. The Balaban J connectivity index is 2.26. The Bertz CT molecular complexity index is 1970. The van der Waals surface area contributed by atoms with Gasteiger partial charge in [0, 0.05) is 27.1 Å². The van der Waals surface area contributed by atoms with Crippen molar-refractivity contribution in [3.05, 3.63) is 35.9 Å². The van der Waals surface area contributed by atoms with Gasteiger partial charge >= 0.3 is 16.4 Å². The van der Waals surface area contributed by atoms with Crippen molar-refractivity contribution in [1.29, 1.82) is 0 Å². The number of cyclic esters (lactones) is 1. The lowest BCUT2D eigenvalue weighted by atomic mass is 9.91. The first-order valence-corrected chi connectivity index (χ1v) is 22.8. The number of esters is 1. The number of benzene rings is 1. The number of carbonyl (C=O) groups excluding carboxylic acids is 7. The predicted octanol–water partition coefficient (Wildman–Crippen LogP) is -1.77. The molecular weight excluding hydrogens is 875 g/mol. The smallest absolute Gasteiger partial charge is 0.397 e. The van der Waals surface area contributed by atoms with Crippen LogP contribution in [-0.4, -0.2) is 157 Å². The minimum Gasteiger partial charge on any atom is -0.458 e. The van der Waals surface area contributed by atoms with Gasteiger partial charge < -0.3 is 57.1 Å². The van der Waals surface area contributed by atoms with Crippen LogP contribution in [0.4, 0.5) is 0 Å². The third-order valence-electron chi connectivity index (χ3n) is 11.7. The van der Waals surface area contributed by atoms with Crippen LogP contribution in [0.1, 0.15) is 78.7 Å². The number of fused-ring (bicyclic) bond motifs is 2.